The summed E-state index contributed by atoms with van der Waals surface area (Å²) in [6.07, 6.45) is 7.43. The minimum absolute atomic E-state index is 0.0373. The summed E-state index contributed by atoms with van der Waals surface area (Å²) in [7, 11) is 0. The van der Waals surface area contributed by atoms with E-state index in [2.05, 4.69) is 28.2 Å². The van der Waals surface area contributed by atoms with E-state index in [9.17, 15) is 4.79 Å². The van der Waals surface area contributed by atoms with Crippen LogP contribution in [-0.2, 0) is 9.53 Å². The molecular formula is C14H24BrNO2. The molecule has 18 heavy (non-hydrogen) atoms. The smallest absolute Gasteiger partial charge is 0.249 e. The van der Waals surface area contributed by atoms with Crippen LogP contribution in [0.1, 0.15) is 51.9 Å². The van der Waals surface area contributed by atoms with Gasteiger partial charge in [0.25, 0.3) is 0 Å². The molecular weight excluding hydrogens is 294 g/mol. The summed E-state index contributed by atoms with van der Waals surface area (Å²) in [5.74, 6) is 0.892. The first-order valence-electron chi connectivity index (χ1n) is 7.15. The molecule has 1 saturated heterocycles. The van der Waals surface area contributed by atoms with E-state index >= 15 is 0 Å². The van der Waals surface area contributed by atoms with Crippen molar-refractivity contribution in [3.63, 3.8) is 0 Å². The van der Waals surface area contributed by atoms with Gasteiger partial charge in [-0.2, -0.15) is 0 Å². The van der Waals surface area contributed by atoms with Gasteiger partial charge >= 0.3 is 0 Å². The Morgan fingerprint density at radius 2 is 2.06 bits per heavy atom. The third-order valence-electron chi connectivity index (χ3n) is 4.35. The fourth-order valence-electron chi connectivity index (χ4n) is 2.90. The molecule has 1 saturated carbocycles. The van der Waals surface area contributed by atoms with Gasteiger partial charge in [-0.15, -0.1) is 0 Å². The van der Waals surface area contributed by atoms with Crippen molar-refractivity contribution in [3.05, 3.63) is 0 Å². The monoisotopic (exact) mass is 317 g/mol. The summed E-state index contributed by atoms with van der Waals surface area (Å²) in [5.41, 5.74) is -0.0373. The fraction of sp³-hybridized carbons (Fsp3) is 0.929. The second-order valence-electron chi connectivity index (χ2n) is 5.94. The summed E-state index contributed by atoms with van der Waals surface area (Å²) in [6, 6.07) is 0. The average molecular weight is 318 g/mol. The largest absolute Gasteiger partial charge is 0.368 e. The molecule has 3 nitrogen and oxygen atoms in total. The molecule has 1 N–H and O–H groups in total. The maximum Gasteiger partial charge on any atom is 0.249 e. The van der Waals surface area contributed by atoms with E-state index in [0.717, 1.165) is 50.0 Å². The van der Waals surface area contributed by atoms with Gasteiger partial charge in [0.1, 0.15) is 6.10 Å². The Morgan fingerprint density at radius 1 is 1.33 bits per heavy atom. The van der Waals surface area contributed by atoms with E-state index in [1.54, 1.807) is 0 Å². The molecule has 0 bridgehead atoms. The van der Waals surface area contributed by atoms with Gasteiger partial charge in [-0.25, -0.2) is 0 Å². The first kappa shape index (κ1) is 14.3. The van der Waals surface area contributed by atoms with E-state index in [1.165, 1.54) is 12.8 Å². The maximum absolute atomic E-state index is 12.3. The SMILES string of the molecule is CC1CCC(CBr)(NC(=O)C2CCCCO2)CC1. The fourth-order valence-corrected chi connectivity index (χ4v) is 3.60. The Bertz CT molecular complexity index is 282. The van der Waals surface area contributed by atoms with Gasteiger partial charge in [-0.1, -0.05) is 22.9 Å². The highest BCUT2D eigenvalue weighted by Crippen LogP contribution is 2.33. The van der Waals surface area contributed by atoms with Crippen LogP contribution in [0.15, 0.2) is 0 Å². The van der Waals surface area contributed by atoms with E-state index in [-0.39, 0.29) is 17.6 Å². The van der Waals surface area contributed by atoms with Crippen LogP contribution in [-0.4, -0.2) is 29.5 Å². The van der Waals surface area contributed by atoms with Crippen molar-refractivity contribution in [2.45, 2.75) is 63.5 Å². The predicted octanol–water partition coefficient (Wildman–Crippen LogP) is 3.02. The number of halogens is 1. The van der Waals surface area contributed by atoms with Crippen LogP contribution in [0, 0.1) is 5.92 Å². The molecule has 0 aromatic heterocycles. The van der Waals surface area contributed by atoms with Gasteiger partial charge < -0.3 is 10.1 Å². The highest BCUT2D eigenvalue weighted by atomic mass is 79.9. The van der Waals surface area contributed by atoms with Crippen LogP contribution < -0.4 is 5.32 Å². The quantitative estimate of drug-likeness (QED) is 0.813. The number of ether oxygens (including phenoxy) is 1. The maximum atomic E-state index is 12.3. The van der Waals surface area contributed by atoms with E-state index in [4.69, 9.17) is 4.74 Å². The second-order valence-corrected chi connectivity index (χ2v) is 6.50. The topological polar surface area (TPSA) is 38.3 Å². The zero-order valence-electron chi connectivity index (χ0n) is 11.2. The number of rotatable bonds is 3. The molecule has 2 rings (SSSR count). The van der Waals surface area contributed by atoms with Crippen molar-refractivity contribution in [2.75, 3.05) is 11.9 Å². The molecule has 0 aromatic carbocycles. The lowest BCUT2D eigenvalue weighted by Crippen LogP contribution is -2.55. The van der Waals surface area contributed by atoms with Crippen molar-refractivity contribution >= 4 is 21.8 Å². The molecule has 2 fully saturated rings. The normalized spacial score (nSPS) is 37.2. The summed E-state index contributed by atoms with van der Waals surface area (Å²) in [4.78, 5) is 12.3. The van der Waals surface area contributed by atoms with Crippen LogP contribution in [0.25, 0.3) is 0 Å². The number of carbonyl (C=O) groups excluding carboxylic acids is 1. The lowest BCUT2D eigenvalue weighted by molar-refractivity contribution is -0.137. The Labute approximate surface area is 118 Å². The molecule has 1 heterocycles. The molecule has 1 aliphatic carbocycles. The number of carbonyl (C=O) groups is 1. The zero-order valence-corrected chi connectivity index (χ0v) is 12.8. The number of amides is 1. The molecule has 1 amide bonds. The summed E-state index contributed by atoms with van der Waals surface area (Å²) in [6.45, 7) is 3.03. The molecule has 0 radical (unpaired) electrons. The van der Waals surface area contributed by atoms with Crippen molar-refractivity contribution < 1.29 is 9.53 Å². The first-order chi connectivity index (χ1) is 8.65. The highest BCUT2D eigenvalue weighted by Gasteiger charge is 2.36. The van der Waals surface area contributed by atoms with Gasteiger partial charge in [-0.3, -0.25) is 4.79 Å². The van der Waals surface area contributed by atoms with Gasteiger partial charge in [0.15, 0.2) is 0 Å². The van der Waals surface area contributed by atoms with E-state index in [1.807, 2.05) is 0 Å². The highest BCUT2D eigenvalue weighted by molar-refractivity contribution is 9.09. The minimum Gasteiger partial charge on any atom is -0.368 e. The Hall–Kier alpha value is -0.0900. The number of nitrogens with one attached hydrogen (secondary N) is 1. The molecule has 2 aliphatic rings. The Kier molecular flexibility index (Phi) is 5.07. The molecule has 1 aliphatic heterocycles. The third-order valence-corrected chi connectivity index (χ3v) is 5.42. The predicted molar refractivity (Wildman–Crippen MR) is 75.9 cm³/mol. The zero-order chi connectivity index (χ0) is 13.0. The van der Waals surface area contributed by atoms with Crippen molar-refractivity contribution in [3.8, 4) is 0 Å². The van der Waals surface area contributed by atoms with Crippen molar-refractivity contribution in [2.24, 2.45) is 5.92 Å². The molecule has 0 aromatic rings. The number of alkyl halides is 1. The van der Waals surface area contributed by atoms with E-state index in [0.29, 0.717) is 0 Å². The summed E-state index contributed by atoms with van der Waals surface area (Å²) in [5, 5.41) is 4.11. The van der Waals surface area contributed by atoms with Crippen LogP contribution in [0.5, 0.6) is 0 Å². The van der Waals surface area contributed by atoms with Crippen molar-refractivity contribution in [1.29, 1.82) is 0 Å². The van der Waals surface area contributed by atoms with Crippen LogP contribution in [0.3, 0.4) is 0 Å². The molecule has 104 valence electrons. The Balaban J connectivity index is 1.90. The summed E-state index contributed by atoms with van der Waals surface area (Å²) < 4.78 is 5.56. The summed E-state index contributed by atoms with van der Waals surface area (Å²) >= 11 is 3.59. The second kappa shape index (κ2) is 6.38. The molecule has 0 spiro atoms. The van der Waals surface area contributed by atoms with Crippen molar-refractivity contribution in [1.82, 2.24) is 5.32 Å². The first-order valence-corrected chi connectivity index (χ1v) is 8.27. The van der Waals surface area contributed by atoms with Gasteiger partial charge in [-0.05, 0) is 50.9 Å². The lowest BCUT2D eigenvalue weighted by atomic mass is 9.78. The number of hydrogen-bond acceptors (Lipinski definition) is 2. The van der Waals surface area contributed by atoms with E-state index < -0.39 is 0 Å². The Morgan fingerprint density at radius 3 is 2.61 bits per heavy atom. The molecule has 4 heteroatoms. The standard InChI is InChI=1S/C14H24BrNO2/c1-11-5-7-14(10-15,8-6-11)16-13(17)12-4-2-3-9-18-12/h11-12H,2-10H2,1H3,(H,16,17). The third kappa shape index (κ3) is 3.47. The van der Waals surface area contributed by atoms with Crippen LogP contribution in [0.2, 0.25) is 0 Å². The molecule has 1 atom stereocenters. The number of hydrogen-bond donors (Lipinski definition) is 1. The van der Waals surface area contributed by atoms with Crippen LogP contribution >= 0.6 is 15.9 Å². The minimum atomic E-state index is -0.214. The van der Waals surface area contributed by atoms with Crippen LogP contribution in [0.4, 0.5) is 0 Å². The average Bonchev–Trinajstić information content (AvgIpc) is 2.43. The van der Waals surface area contributed by atoms with Gasteiger partial charge in [0, 0.05) is 17.5 Å². The lowest BCUT2D eigenvalue weighted by Gasteiger charge is -2.40. The van der Waals surface area contributed by atoms with Gasteiger partial charge in [0.05, 0.1) is 0 Å². The molecule has 1 unspecified atom stereocenters. The van der Waals surface area contributed by atoms with Gasteiger partial charge in [0.2, 0.25) is 5.91 Å².